The number of nitrogens with zero attached hydrogens (tertiary/aromatic N) is 3. The van der Waals surface area contributed by atoms with E-state index in [1.807, 2.05) is 18.2 Å². The molecule has 0 aliphatic carbocycles. The van der Waals surface area contributed by atoms with E-state index >= 15 is 0 Å². The normalized spacial score (nSPS) is 16.7. The predicted molar refractivity (Wildman–Crippen MR) is 152 cm³/mol. The fourth-order valence-corrected chi connectivity index (χ4v) is 5.70. The van der Waals surface area contributed by atoms with Gasteiger partial charge in [-0.05, 0) is 68.6 Å². The second kappa shape index (κ2) is 12.0. The van der Waals surface area contributed by atoms with Gasteiger partial charge in [-0.15, -0.1) is 0 Å². The minimum absolute atomic E-state index is 0.170. The number of hydrogen-bond donors (Lipinski definition) is 2. The molecule has 2 aliphatic heterocycles. The van der Waals surface area contributed by atoms with Gasteiger partial charge in [-0.2, -0.15) is 0 Å². The number of piperidine rings is 1. The molecule has 8 nitrogen and oxygen atoms in total. The maximum absolute atomic E-state index is 13.0. The highest BCUT2D eigenvalue weighted by Crippen LogP contribution is 2.24. The molecule has 1 amide bonds. The van der Waals surface area contributed by atoms with Gasteiger partial charge in [0.25, 0.3) is 11.5 Å². The number of carbonyl (C=O) groups excluding carboxylic acids is 1. The van der Waals surface area contributed by atoms with Crippen LogP contribution in [0.15, 0.2) is 53.3 Å². The van der Waals surface area contributed by atoms with Crippen LogP contribution in [0.25, 0.3) is 10.9 Å². The molecule has 0 radical (unpaired) electrons. The van der Waals surface area contributed by atoms with Crippen LogP contribution in [0.4, 0.5) is 5.69 Å². The third-order valence-corrected chi connectivity index (χ3v) is 8.02. The van der Waals surface area contributed by atoms with Gasteiger partial charge in [0.05, 0.1) is 18.2 Å². The smallest absolute Gasteiger partial charge is 0.251 e. The minimum Gasteiger partial charge on any atom is -0.497 e. The summed E-state index contributed by atoms with van der Waals surface area (Å²) in [7, 11) is 3.18. The van der Waals surface area contributed by atoms with E-state index < -0.39 is 0 Å². The summed E-state index contributed by atoms with van der Waals surface area (Å²) in [5.41, 5.74) is 3.62. The van der Waals surface area contributed by atoms with Crippen LogP contribution in [0, 0.1) is 0 Å². The number of amides is 1. The first kappa shape index (κ1) is 26.3. The summed E-state index contributed by atoms with van der Waals surface area (Å²) < 4.78 is 7.16. The Morgan fingerprint density at radius 1 is 0.974 bits per heavy atom. The Hall–Kier alpha value is -3.36. The number of carbonyl (C=O) groups is 1. The zero-order valence-corrected chi connectivity index (χ0v) is 22.5. The summed E-state index contributed by atoms with van der Waals surface area (Å²) in [6.45, 7) is 6.60. The van der Waals surface area contributed by atoms with Crippen LogP contribution in [0.5, 0.6) is 5.75 Å². The molecule has 1 aromatic heterocycles. The summed E-state index contributed by atoms with van der Waals surface area (Å²) >= 11 is 0. The van der Waals surface area contributed by atoms with Crippen molar-refractivity contribution in [3.05, 3.63) is 70.0 Å². The number of aromatic nitrogens is 1. The summed E-state index contributed by atoms with van der Waals surface area (Å²) in [5, 5.41) is 7.13. The number of ether oxygens (including phenoxy) is 1. The fraction of sp³-hybridized carbons (Fsp3) is 0.467. The highest BCUT2D eigenvalue weighted by molar-refractivity contribution is 6.06. The number of hydrogen-bond acceptors (Lipinski definition) is 6. The van der Waals surface area contributed by atoms with Crippen molar-refractivity contribution in [2.24, 2.45) is 0 Å². The van der Waals surface area contributed by atoms with Crippen LogP contribution < -0.4 is 25.8 Å². The lowest BCUT2D eigenvalue weighted by Gasteiger charge is -2.32. The number of likely N-dealkylation sites (tertiary alicyclic amines) is 1. The molecule has 2 N–H and O–H groups in total. The van der Waals surface area contributed by atoms with Crippen molar-refractivity contribution in [1.82, 2.24) is 20.1 Å². The van der Waals surface area contributed by atoms with Crippen molar-refractivity contribution in [2.45, 2.75) is 44.8 Å². The maximum atomic E-state index is 13.0. The number of pyridine rings is 1. The van der Waals surface area contributed by atoms with Gasteiger partial charge in [0.2, 0.25) is 0 Å². The number of benzene rings is 2. The first-order chi connectivity index (χ1) is 18.6. The van der Waals surface area contributed by atoms with E-state index in [9.17, 15) is 9.59 Å². The molecular weight excluding hydrogens is 478 g/mol. The van der Waals surface area contributed by atoms with Gasteiger partial charge in [0.15, 0.2) is 0 Å². The van der Waals surface area contributed by atoms with Crippen molar-refractivity contribution < 1.29 is 9.53 Å². The van der Waals surface area contributed by atoms with Crippen molar-refractivity contribution >= 4 is 22.5 Å². The largest absolute Gasteiger partial charge is 0.497 e. The number of rotatable bonds is 9. The average molecular weight is 518 g/mol. The van der Waals surface area contributed by atoms with Gasteiger partial charge in [-0.25, -0.2) is 0 Å². The van der Waals surface area contributed by atoms with E-state index in [1.54, 1.807) is 18.7 Å². The highest BCUT2D eigenvalue weighted by atomic mass is 16.5. The second-order valence-corrected chi connectivity index (χ2v) is 10.4. The fourth-order valence-electron chi connectivity index (χ4n) is 5.70. The number of fused-ring (bicyclic) bond motifs is 1. The summed E-state index contributed by atoms with van der Waals surface area (Å²) in [5.74, 6) is 0.402. The third-order valence-electron chi connectivity index (χ3n) is 8.02. The Kier molecular flexibility index (Phi) is 8.29. The van der Waals surface area contributed by atoms with Crippen LogP contribution in [0.1, 0.15) is 41.6 Å². The molecule has 0 saturated carbocycles. The third kappa shape index (κ3) is 5.87. The summed E-state index contributed by atoms with van der Waals surface area (Å²) in [6.07, 6.45) is 4.78. The van der Waals surface area contributed by atoms with E-state index in [1.165, 1.54) is 43.2 Å². The number of anilines is 1. The quantitative estimate of drug-likeness (QED) is 0.454. The van der Waals surface area contributed by atoms with Crippen molar-refractivity contribution in [1.29, 1.82) is 0 Å². The Balaban J connectivity index is 1.16. The molecule has 2 saturated heterocycles. The number of nitrogens with one attached hydrogen (secondary N) is 2. The van der Waals surface area contributed by atoms with Crippen LogP contribution in [0.3, 0.4) is 0 Å². The number of methoxy groups -OCH3 is 1. The molecule has 0 atom stereocenters. The Labute approximate surface area is 224 Å². The van der Waals surface area contributed by atoms with Crippen LogP contribution in [0.2, 0.25) is 0 Å². The van der Waals surface area contributed by atoms with Gasteiger partial charge in [-0.1, -0.05) is 12.1 Å². The molecule has 2 aromatic carbocycles. The molecule has 38 heavy (non-hydrogen) atoms. The minimum atomic E-state index is -0.262. The van der Waals surface area contributed by atoms with Crippen LogP contribution >= 0.6 is 0 Å². The van der Waals surface area contributed by atoms with Gasteiger partial charge < -0.3 is 29.7 Å². The molecule has 2 aliphatic rings. The standard InChI is InChI=1S/C30H39N5O3/c1-31-30(37)27-20-29(36)35(28-19-25(38-2)9-10-26(27)28)18-17-33-15-11-23(12-16-33)32-21-22-5-7-24(8-6-22)34-13-3-4-14-34/h5-10,19-20,23,32H,3-4,11-18,21H2,1-2H3,(H,31,37). The average Bonchev–Trinajstić information content (AvgIpc) is 3.50. The predicted octanol–water partition coefficient (Wildman–Crippen LogP) is 3.22. The first-order valence-corrected chi connectivity index (χ1v) is 13.8. The van der Waals surface area contributed by atoms with Crippen LogP contribution in [-0.4, -0.2) is 68.3 Å². The van der Waals surface area contributed by atoms with Gasteiger partial charge in [-0.3, -0.25) is 9.59 Å². The second-order valence-electron chi connectivity index (χ2n) is 10.4. The van der Waals surface area contributed by atoms with E-state index in [2.05, 4.69) is 44.7 Å². The molecule has 3 aromatic rings. The van der Waals surface area contributed by atoms with E-state index in [-0.39, 0.29) is 11.5 Å². The molecular formula is C30H39N5O3. The van der Waals surface area contributed by atoms with Crippen molar-refractivity contribution in [2.75, 3.05) is 51.8 Å². The molecule has 2 fully saturated rings. The van der Waals surface area contributed by atoms with Crippen molar-refractivity contribution in [3.8, 4) is 5.75 Å². The lowest BCUT2D eigenvalue weighted by Crippen LogP contribution is -2.43. The highest BCUT2D eigenvalue weighted by Gasteiger charge is 2.20. The summed E-state index contributed by atoms with van der Waals surface area (Å²) in [4.78, 5) is 30.3. The molecule has 0 spiro atoms. The SMILES string of the molecule is CNC(=O)c1cc(=O)n(CCN2CCC(NCc3ccc(N4CCCC4)cc3)CC2)c2cc(OC)ccc12. The summed E-state index contributed by atoms with van der Waals surface area (Å²) in [6, 6.07) is 16.5. The van der Waals surface area contributed by atoms with E-state index in [0.29, 0.717) is 23.9 Å². The van der Waals surface area contributed by atoms with E-state index in [4.69, 9.17) is 4.74 Å². The van der Waals surface area contributed by atoms with E-state index in [0.717, 1.165) is 49.9 Å². The Morgan fingerprint density at radius 2 is 1.71 bits per heavy atom. The topological polar surface area (TPSA) is 78.8 Å². The maximum Gasteiger partial charge on any atom is 0.251 e. The molecule has 0 unspecified atom stereocenters. The van der Waals surface area contributed by atoms with Gasteiger partial charge in [0.1, 0.15) is 5.75 Å². The monoisotopic (exact) mass is 517 g/mol. The molecule has 202 valence electrons. The first-order valence-electron chi connectivity index (χ1n) is 13.8. The lowest BCUT2D eigenvalue weighted by atomic mass is 10.0. The molecule has 5 rings (SSSR count). The zero-order chi connectivity index (χ0) is 26.5. The Morgan fingerprint density at radius 3 is 2.39 bits per heavy atom. The molecule has 8 heteroatoms. The molecule has 0 bridgehead atoms. The van der Waals surface area contributed by atoms with Crippen LogP contribution in [-0.2, 0) is 13.1 Å². The van der Waals surface area contributed by atoms with Crippen molar-refractivity contribution in [3.63, 3.8) is 0 Å². The molecule has 3 heterocycles. The lowest BCUT2D eigenvalue weighted by molar-refractivity contribution is 0.0964. The van der Waals surface area contributed by atoms with Gasteiger partial charge in [0, 0.05) is 69.0 Å². The van der Waals surface area contributed by atoms with Gasteiger partial charge >= 0.3 is 0 Å². The zero-order valence-electron chi connectivity index (χ0n) is 22.5. The Bertz CT molecular complexity index is 1310.